The van der Waals surface area contributed by atoms with Crippen LogP contribution in [0, 0.1) is 0 Å². The van der Waals surface area contributed by atoms with Crippen LogP contribution in [0.1, 0.15) is 6.42 Å². The first-order valence-electron chi connectivity index (χ1n) is 5.39. The molecule has 0 bridgehead atoms. The summed E-state index contributed by atoms with van der Waals surface area (Å²) in [6, 6.07) is 0. The van der Waals surface area contributed by atoms with E-state index in [2.05, 4.69) is 36.1 Å². The van der Waals surface area contributed by atoms with Crippen molar-refractivity contribution in [1.29, 1.82) is 0 Å². The van der Waals surface area contributed by atoms with Gasteiger partial charge in [-0.25, -0.2) is 4.98 Å². The van der Waals surface area contributed by atoms with E-state index in [1.54, 1.807) is 9.47 Å². The second-order valence-corrected chi connectivity index (χ2v) is 4.87. The molecule has 19 heavy (non-hydrogen) atoms. The first kappa shape index (κ1) is 12.5. The summed E-state index contributed by atoms with van der Waals surface area (Å²) in [5.74, 6) is 1.02. The first-order valence-corrected chi connectivity index (χ1v) is 6.19. The zero-order valence-electron chi connectivity index (χ0n) is 9.45. The second-order valence-electron chi connectivity index (χ2n) is 4.12. The van der Waals surface area contributed by atoms with Crippen LogP contribution in [-0.2, 0) is 6.67 Å². The van der Waals surface area contributed by atoms with Gasteiger partial charge < -0.3 is 9.88 Å². The maximum atomic E-state index is 12.3. The molecule has 0 radical (unpaired) electrons. The average molecular weight is 337 g/mol. The van der Waals surface area contributed by atoms with Crippen molar-refractivity contribution in [2.45, 2.75) is 19.3 Å². The van der Waals surface area contributed by atoms with Crippen molar-refractivity contribution >= 4 is 21.7 Å². The number of nitrogens with one attached hydrogen (secondary N) is 1. The van der Waals surface area contributed by atoms with E-state index in [4.69, 9.17) is 0 Å². The topological polar surface area (TPSA) is 62.6 Å². The molecule has 0 amide bonds. The Morgan fingerprint density at radius 1 is 1.42 bits per heavy atom. The Kier molecular flexibility index (Phi) is 2.77. The Bertz CT molecular complexity index is 603. The number of alkyl halides is 3. The van der Waals surface area contributed by atoms with E-state index in [9.17, 15) is 13.2 Å². The molecule has 0 spiro atoms. The Hall–Kier alpha value is -1.58. The summed E-state index contributed by atoms with van der Waals surface area (Å²) < 4.78 is 39.1. The number of aromatic amines is 1. The number of hydrogen-bond donors (Lipinski definition) is 1. The zero-order chi connectivity index (χ0) is 13.6. The van der Waals surface area contributed by atoms with E-state index in [1.165, 1.54) is 6.33 Å². The number of imidazole rings is 1. The van der Waals surface area contributed by atoms with Crippen molar-refractivity contribution < 1.29 is 13.2 Å². The summed E-state index contributed by atoms with van der Waals surface area (Å²) in [6.07, 6.45) is -3.61. The SMILES string of the molecule is FC(F)(F)CCN1Cn2cnnc2-c2[nH]c(Br)nc21. The van der Waals surface area contributed by atoms with Gasteiger partial charge in [-0.15, -0.1) is 10.2 Å². The summed E-state index contributed by atoms with van der Waals surface area (Å²) in [5.41, 5.74) is 0.567. The van der Waals surface area contributed by atoms with Gasteiger partial charge in [0.1, 0.15) is 12.0 Å². The zero-order valence-corrected chi connectivity index (χ0v) is 11.0. The predicted octanol–water partition coefficient (Wildman–Crippen LogP) is 2.16. The molecule has 3 rings (SSSR count). The summed E-state index contributed by atoms with van der Waals surface area (Å²) in [5, 5.41) is 7.68. The summed E-state index contributed by atoms with van der Waals surface area (Å²) >= 11 is 3.18. The van der Waals surface area contributed by atoms with Gasteiger partial charge in [-0.2, -0.15) is 13.2 Å². The van der Waals surface area contributed by atoms with Crippen molar-refractivity contribution in [2.24, 2.45) is 0 Å². The van der Waals surface area contributed by atoms with Gasteiger partial charge in [0.15, 0.2) is 16.4 Å². The standard InChI is InChI=1S/C9H8BrF3N6/c10-8-15-5-6(16-8)18(2-1-9(11,12)13)4-19-3-14-17-7(5)19/h3H,1-2,4H2,(H,15,16). The van der Waals surface area contributed by atoms with E-state index in [-0.39, 0.29) is 13.2 Å². The number of anilines is 1. The largest absolute Gasteiger partial charge is 0.390 e. The molecule has 0 aliphatic carbocycles. The lowest BCUT2D eigenvalue weighted by atomic mass is 10.3. The lowest BCUT2D eigenvalue weighted by Crippen LogP contribution is -2.33. The molecule has 1 aliphatic rings. The third kappa shape index (κ3) is 2.31. The lowest BCUT2D eigenvalue weighted by molar-refractivity contribution is -0.132. The van der Waals surface area contributed by atoms with Gasteiger partial charge in [-0.05, 0) is 15.9 Å². The molecule has 0 aromatic carbocycles. The Morgan fingerprint density at radius 2 is 2.21 bits per heavy atom. The Morgan fingerprint density at radius 3 is 2.95 bits per heavy atom. The van der Waals surface area contributed by atoms with Crippen molar-refractivity contribution in [3.63, 3.8) is 0 Å². The fourth-order valence-corrected chi connectivity index (χ4v) is 2.33. The van der Waals surface area contributed by atoms with Gasteiger partial charge in [0, 0.05) is 6.54 Å². The molecule has 3 heterocycles. The molecule has 0 saturated heterocycles. The number of H-pyrrole nitrogens is 1. The van der Waals surface area contributed by atoms with Gasteiger partial charge in [0.2, 0.25) is 0 Å². The number of fused-ring (bicyclic) bond motifs is 3. The molecule has 0 unspecified atom stereocenters. The minimum Gasteiger partial charge on any atom is -0.336 e. The average Bonchev–Trinajstić information content (AvgIpc) is 2.88. The van der Waals surface area contributed by atoms with Crippen LogP contribution in [0.2, 0.25) is 0 Å². The van der Waals surface area contributed by atoms with Crippen LogP contribution >= 0.6 is 15.9 Å². The minimum atomic E-state index is -4.19. The number of nitrogens with zero attached hydrogens (tertiary/aromatic N) is 5. The number of rotatable bonds is 2. The number of aromatic nitrogens is 5. The van der Waals surface area contributed by atoms with E-state index >= 15 is 0 Å². The maximum absolute atomic E-state index is 12.3. The van der Waals surface area contributed by atoms with Gasteiger partial charge in [-0.1, -0.05) is 0 Å². The molecule has 0 atom stereocenters. The number of hydrogen-bond acceptors (Lipinski definition) is 4. The molecule has 2 aromatic heterocycles. The predicted molar refractivity (Wildman–Crippen MR) is 63.3 cm³/mol. The van der Waals surface area contributed by atoms with Crippen molar-refractivity contribution in [3.05, 3.63) is 11.1 Å². The quantitative estimate of drug-likeness (QED) is 0.912. The van der Waals surface area contributed by atoms with Crippen LogP contribution in [0.25, 0.3) is 11.5 Å². The van der Waals surface area contributed by atoms with Gasteiger partial charge in [0.05, 0.1) is 13.1 Å². The van der Waals surface area contributed by atoms with E-state index in [1.807, 2.05) is 0 Å². The Balaban J connectivity index is 1.92. The van der Waals surface area contributed by atoms with Crippen LogP contribution in [0.4, 0.5) is 19.0 Å². The summed E-state index contributed by atoms with van der Waals surface area (Å²) in [6.45, 7) is 0.0914. The molecule has 10 heteroatoms. The van der Waals surface area contributed by atoms with Crippen molar-refractivity contribution in [1.82, 2.24) is 24.7 Å². The molecule has 102 valence electrons. The highest BCUT2D eigenvalue weighted by atomic mass is 79.9. The second kappa shape index (κ2) is 4.22. The first-order chi connectivity index (χ1) is 8.94. The van der Waals surface area contributed by atoms with E-state index in [0.717, 1.165) is 0 Å². The fraction of sp³-hybridized carbons (Fsp3) is 0.444. The van der Waals surface area contributed by atoms with Gasteiger partial charge in [-0.3, -0.25) is 4.57 Å². The highest BCUT2D eigenvalue weighted by Gasteiger charge is 2.32. The van der Waals surface area contributed by atoms with E-state index < -0.39 is 12.6 Å². The van der Waals surface area contributed by atoms with Crippen molar-refractivity contribution in [2.75, 3.05) is 11.4 Å². The third-order valence-electron chi connectivity index (χ3n) is 2.78. The molecule has 6 nitrogen and oxygen atoms in total. The maximum Gasteiger partial charge on any atom is 0.390 e. The highest BCUT2D eigenvalue weighted by molar-refractivity contribution is 9.10. The molecular weight excluding hydrogens is 329 g/mol. The summed E-state index contributed by atoms with van der Waals surface area (Å²) in [4.78, 5) is 8.62. The monoisotopic (exact) mass is 336 g/mol. The smallest absolute Gasteiger partial charge is 0.336 e. The molecule has 0 saturated carbocycles. The normalized spacial score (nSPS) is 14.4. The molecule has 1 N–H and O–H groups in total. The van der Waals surface area contributed by atoms with Gasteiger partial charge in [0.25, 0.3) is 0 Å². The van der Waals surface area contributed by atoms with Crippen molar-refractivity contribution in [3.8, 4) is 11.5 Å². The van der Waals surface area contributed by atoms with E-state index in [0.29, 0.717) is 22.1 Å². The van der Waals surface area contributed by atoms with Crippen LogP contribution in [0.3, 0.4) is 0 Å². The van der Waals surface area contributed by atoms with Crippen LogP contribution < -0.4 is 4.90 Å². The molecule has 2 aromatic rings. The molecule has 0 fully saturated rings. The third-order valence-corrected chi connectivity index (χ3v) is 3.16. The lowest BCUT2D eigenvalue weighted by Gasteiger charge is -2.28. The fourth-order valence-electron chi connectivity index (χ4n) is 1.96. The van der Waals surface area contributed by atoms with Crippen LogP contribution in [0.5, 0.6) is 0 Å². The highest BCUT2D eigenvalue weighted by Crippen LogP contribution is 2.34. The molecule has 1 aliphatic heterocycles. The number of halogens is 4. The summed E-state index contributed by atoms with van der Waals surface area (Å²) in [7, 11) is 0. The van der Waals surface area contributed by atoms with Crippen LogP contribution in [0.15, 0.2) is 11.1 Å². The Labute approximate surface area is 113 Å². The molecular formula is C9H8BrF3N6. The van der Waals surface area contributed by atoms with Gasteiger partial charge >= 0.3 is 6.18 Å². The minimum absolute atomic E-state index is 0.161. The van der Waals surface area contributed by atoms with Crippen LogP contribution in [-0.4, -0.2) is 37.5 Å².